The Morgan fingerprint density at radius 1 is 1.30 bits per heavy atom. The van der Waals surface area contributed by atoms with Crippen LogP contribution < -0.4 is 10.4 Å². The monoisotopic (exact) mass is 140 g/mol. The summed E-state index contributed by atoms with van der Waals surface area (Å²) in [5.41, 5.74) is 2.49. The Labute approximate surface area is 61.0 Å². The number of nitrogens with zero attached hydrogens (tertiary/aromatic N) is 1. The molecule has 0 atom stereocenters. The summed E-state index contributed by atoms with van der Waals surface area (Å²) in [7, 11) is 0. The molecule has 0 spiro atoms. The summed E-state index contributed by atoms with van der Waals surface area (Å²) < 4.78 is 0. The van der Waals surface area contributed by atoms with Gasteiger partial charge in [0.15, 0.2) is 13.1 Å². The van der Waals surface area contributed by atoms with Crippen LogP contribution in [0.15, 0.2) is 25.3 Å². The lowest BCUT2D eigenvalue weighted by atomic mass is 10.5. The van der Waals surface area contributed by atoms with Crippen LogP contribution in [0.4, 0.5) is 0 Å². The van der Waals surface area contributed by atoms with Crippen molar-refractivity contribution in [3.8, 4) is 0 Å². The summed E-state index contributed by atoms with van der Waals surface area (Å²) in [6.45, 7) is 8.33. The Morgan fingerprint density at radius 3 is 2.10 bits per heavy atom. The lowest BCUT2D eigenvalue weighted by Gasteiger charge is -2.02. The van der Waals surface area contributed by atoms with Crippen LogP contribution in [0.3, 0.4) is 0 Å². The zero-order valence-corrected chi connectivity index (χ0v) is 5.92. The largest absolute Gasteiger partial charge is 0.274 e. The highest BCUT2D eigenvalue weighted by Gasteiger charge is 2.07. The summed E-state index contributed by atoms with van der Waals surface area (Å²) in [6, 6.07) is 0. The van der Waals surface area contributed by atoms with E-state index in [1.54, 1.807) is 17.2 Å². The fourth-order valence-corrected chi connectivity index (χ4v) is 0.566. The number of rotatable bonds is 6. The Morgan fingerprint density at radius 2 is 1.80 bits per heavy atom. The lowest BCUT2D eigenvalue weighted by molar-refractivity contribution is -0.111. The molecule has 0 heterocycles. The first-order valence-electron chi connectivity index (χ1n) is 3.01. The Balaban J connectivity index is 3.58. The van der Waals surface area contributed by atoms with Crippen molar-refractivity contribution in [2.45, 2.75) is 0 Å². The van der Waals surface area contributed by atoms with Crippen molar-refractivity contribution in [2.24, 2.45) is 0 Å². The van der Waals surface area contributed by atoms with Gasteiger partial charge in [0.1, 0.15) is 0 Å². The number of carbonyl (C=O) groups is 1. The summed E-state index contributed by atoms with van der Waals surface area (Å²) in [5, 5.41) is 1.69. The first kappa shape index (κ1) is 8.91. The third-order valence-electron chi connectivity index (χ3n) is 0.934. The van der Waals surface area contributed by atoms with E-state index in [0.717, 1.165) is 0 Å². The molecule has 1 amide bonds. The van der Waals surface area contributed by atoms with Gasteiger partial charge in [-0.25, -0.2) is 0 Å². The summed E-state index contributed by atoms with van der Waals surface area (Å²) in [4.78, 5) is 9.94. The minimum atomic E-state index is 0.630. The summed E-state index contributed by atoms with van der Waals surface area (Å²) in [6.07, 6.45) is 4.05. The second-order valence-corrected chi connectivity index (χ2v) is 1.73. The molecular weight excluding hydrogens is 128 g/mol. The van der Waals surface area contributed by atoms with Crippen LogP contribution in [-0.4, -0.2) is 19.5 Å². The van der Waals surface area contributed by atoms with Crippen molar-refractivity contribution in [3.05, 3.63) is 25.3 Å². The average molecular weight is 140 g/mol. The second kappa shape index (κ2) is 6.04. The minimum Gasteiger partial charge on any atom is -0.274 e. The van der Waals surface area contributed by atoms with Gasteiger partial charge < -0.3 is 0 Å². The maximum Gasteiger partial charge on any atom is 0.257 e. The lowest BCUT2D eigenvalue weighted by Crippen LogP contribution is -2.42. The van der Waals surface area contributed by atoms with Crippen molar-refractivity contribution >= 4 is 6.41 Å². The molecule has 3 nitrogen and oxygen atoms in total. The Hall–Kier alpha value is -1.09. The Kier molecular flexibility index (Phi) is 5.38. The smallest absolute Gasteiger partial charge is 0.257 e. The quantitative estimate of drug-likeness (QED) is 0.242. The van der Waals surface area contributed by atoms with Gasteiger partial charge in [-0.2, -0.15) is 5.43 Å². The molecule has 0 aliphatic carbocycles. The predicted molar refractivity (Wildman–Crippen MR) is 41.5 cm³/mol. The van der Waals surface area contributed by atoms with E-state index in [-0.39, 0.29) is 0 Å². The highest BCUT2D eigenvalue weighted by atomic mass is 16.1. The topological polar surface area (TPSA) is 35.0 Å². The molecule has 55 valence electrons. The van der Waals surface area contributed by atoms with E-state index in [9.17, 15) is 4.79 Å². The molecule has 0 aliphatic rings. The molecule has 1 radical (unpaired) electrons. The van der Waals surface area contributed by atoms with Crippen LogP contribution >= 0.6 is 0 Å². The minimum absolute atomic E-state index is 0.630. The van der Waals surface area contributed by atoms with Crippen molar-refractivity contribution in [1.82, 2.24) is 10.4 Å². The second-order valence-electron chi connectivity index (χ2n) is 1.73. The molecule has 3 heteroatoms. The maximum atomic E-state index is 9.94. The van der Waals surface area contributed by atoms with Crippen LogP contribution in [0.2, 0.25) is 0 Å². The van der Waals surface area contributed by atoms with E-state index in [0.29, 0.717) is 19.5 Å². The van der Waals surface area contributed by atoms with E-state index in [4.69, 9.17) is 0 Å². The highest BCUT2D eigenvalue weighted by Crippen LogP contribution is 1.76. The number of amides is 1. The molecule has 0 aromatic carbocycles. The number of nitrogens with one attached hydrogen (secondary N) is 1. The summed E-state index contributed by atoms with van der Waals surface area (Å²) in [5.74, 6) is 0. The summed E-state index contributed by atoms with van der Waals surface area (Å²) >= 11 is 0. The number of hydrazine groups is 1. The van der Waals surface area contributed by atoms with Gasteiger partial charge >= 0.3 is 0 Å². The van der Waals surface area contributed by atoms with Gasteiger partial charge in [0.25, 0.3) is 6.41 Å². The third kappa shape index (κ3) is 3.86. The van der Waals surface area contributed by atoms with E-state index >= 15 is 0 Å². The van der Waals surface area contributed by atoms with Gasteiger partial charge in [-0.15, -0.1) is 0 Å². The van der Waals surface area contributed by atoms with Crippen LogP contribution in [0, 0.1) is 0 Å². The van der Waals surface area contributed by atoms with Crippen LogP contribution in [-0.2, 0) is 4.79 Å². The van der Waals surface area contributed by atoms with Gasteiger partial charge in [0, 0.05) is 0 Å². The molecule has 0 aliphatic heterocycles. The fraction of sp³-hybridized carbons (Fsp3) is 0.286. The first-order valence-corrected chi connectivity index (χ1v) is 3.01. The predicted octanol–water partition coefficient (Wildman–Crippen LogP) is 0.159. The molecule has 0 saturated heterocycles. The number of carbonyl (C=O) groups excluding carboxylic acids is 1. The van der Waals surface area contributed by atoms with Gasteiger partial charge in [0.2, 0.25) is 0 Å². The van der Waals surface area contributed by atoms with Gasteiger partial charge in [-0.1, -0.05) is 13.2 Å². The molecule has 0 bridgehead atoms. The molecule has 1 N–H and O–H groups in total. The number of hydrogen-bond acceptors (Lipinski definition) is 2. The molecule has 0 aromatic heterocycles. The molecule has 0 rings (SSSR count). The average Bonchev–Trinajstić information content (AvgIpc) is 1.90. The fourth-order valence-electron chi connectivity index (χ4n) is 0.566. The molecule has 0 saturated carbocycles. The van der Waals surface area contributed by atoms with Crippen LogP contribution in [0.1, 0.15) is 0 Å². The highest BCUT2D eigenvalue weighted by molar-refractivity contribution is 5.45. The van der Waals surface area contributed by atoms with E-state index in [1.807, 2.05) is 0 Å². The molecular formula is C7H12N2O+. The van der Waals surface area contributed by atoms with Gasteiger partial charge in [-0.05, 0) is 17.2 Å². The van der Waals surface area contributed by atoms with Crippen molar-refractivity contribution in [1.29, 1.82) is 0 Å². The van der Waals surface area contributed by atoms with Gasteiger partial charge in [-0.3, -0.25) is 4.79 Å². The van der Waals surface area contributed by atoms with Crippen molar-refractivity contribution in [3.63, 3.8) is 0 Å². The zero-order valence-electron chi connectivity index (χ0n) is 5.92. The van der Waals surface area contributed by atoms with Crippen molar-refractivity contribution < 1.29 is 4.79 Å². The van der Waals surface area contributed by atoms with Crippen LogP contribution in [0.5, 0.6) is 0 Å². The third-order valence-corrected chi connectivity index (χ3v) is 0.934. The SMILES string of the molecule is C=CC[N+](CC=C)NC=O. The van der Waals surface area contributed by atoms with Gasteiger partial charge in [0.05, 0.1) is 0 Å². The van der Waals surface area contributed by atoms with E-state index in [1.165, 1.54) is 0 Å². The van der Waals surface area contributed by atoms with Crippen molar-refractivity contribution in [2.75, 3.05) is 13.1 Å². The Bertz CT molecular complexity index is 99.0. The molecule has 0 fully saturated rings. The standard InChI is InChI=1S/C7H12N2O/c1-3-5-9(6-4-2)8-7-10/h3-4,7H,1-2,5-6H2,(H,8,10)/q+1. The zero-order chi connectivity index (χ0) is 7.82. The van der Waals surface area contributed by atoms with E-state index in [2.05, 4.69) is 18.6 Å². The molecule has 10 heavy (non-hydrogen) atoms. The molecule has 0 unspecified atom stereocenters. The molecule has 0 aromatic rings. The van der Waals surface area contributed by atoms with E-state index < -0.39 is 0 Å². The van der Waals surface area contributed by atoms with Crippen LogP contribution in [0.25, 0.3) is 0 Å². The normalized spacial score (nSPS) is 8.90. The number of hydrogen-bond donors (Lipinski definition) is 1. The first-order chi connectivity index (χ1) is 4.85. The maximum absolute atomic E-state index is 9.94.